The van der Waals surface area contributed by atoms with Gasteiger partial charge in [-0.2, -0.15) is 5.26 Å². The minimum Gasteiger partial charge on any atom is -0.439 e. The first-order valence-corrected chi connectivity index (χ1v) is 8.50. The van der Waals surface area contributed by atoms with E-state index < -0.39 is 11.7 Å². The number of rotatable bonds is 3. The molecule has 1 atom stereocenters. The highest BCUT2D eigenvalue weighted by Crippen LogP contribution is 2.33. The summed E-state index contributed by atoms with van der Waals surface area (Å²) >= 11 is 1.41. The number of hydrogen-bond donors (Lipinski definition) is 1. The van der Waals surface area contributed by atoms with Crippen LogP contribution >= 0.6 is 11.8 Å². The number of carbonyl (C=O) groups excluding carboxylic acids is 2. The molecule has 0 saturated heterocycles. The molecule has 7 heteroatoms. The van der Waals surface area contributed by atoms with Crippen molar-refractivity contribution >= 4 is 40.2 Å². The summed E-state index contributed by atoms with van der Waals surface area (Å²) in [5, 5.41) is 12.2. The first-order chi connectivity index (χ1) is 12.2. The Labute approximate surface area is 146 Å². The van der Waals surface area contributed by atoms with Crippen LogP contribution in [0.5, 0.6) is 0 Å². The van der Waals surface area contributed by atoms with Gasteiger partial charge in [0.1, 0.15) is 5.52 Å². The quantitative estimate of drug-likeness (QED) is 0.728. The smallest absolute Gasteiger partial charge is 0.234 e. The van der Waals surface area contributed by atoms with E-state index in [0.29, 0.717) is 28.1 Å². The standard InChI is InChI=1S/C18H11N3O3S/c19-8-11(18-21-12-3-1-2-4-14(12)24-18)17(23)10-5-6-15-13(7-10)20-16(22)9-25-15/h1-7,11H,9H2,(H,20,22)/t11-/m0/s1. The van der Waals surface area contributed by atoms with E-state index in [0.717, 1.165) is 4.90 Å². The van der Waals surface area contributed by atoms with Gasteiger partial charge < -0.3 is 9.73 Å². The molecular formula is C18H11N3O3S. The molecule has 1 N–H and O–H groups in total. The normalized spacial score (nSPS) is 14.4. The Morgan fingerprint density at radius 3 is 2.96 bits per heavy atom. The lowest BCUT2D eigenvalue weighted by atomic mass is 9.98. The van der Waals surface area contributed by atoms with Gasteiger partial charge in [-0.3, -0.25) is 9.59 Å². The van der Waals surface area contributed by atoms with Crippen LogP contribution < -0.4 is 5.32 Å². The number of Topliss-reactive ketones (excluding diaryl/α,β-unsaturated/α-hetero) is 1. The fourth-order valence-electron chi connectivity index (χ4n) is 2.64. The fourth-order valence-corrected chi connectivity index (χ4v) is 3.43. The van der Waals surface area contributed by atoms with E-state index in [1.54, 1.807) is 36.4 Å². The SMILES string of the molecule is N#C[C@@H](C(=O)c1ccc2c(c1)NC(=O)CS2)c1nc2ccccc2o1. The zero-order valence-electron chi connectivity index (χ0n) is 12.9. The van der Waals surface area contributed by atoms with Crippen LogP contribution in [-0.2, 0) is 4.79 Å². The molecule has 2 aromatic carbocycles. The van der Waals surface area contributed by atoms with Gasteiger partial charge in [-0.05, 0) is 24.3 Å². The minimum absolute atomic E-state index is 0.0739. The van der Waals surface area contributed by atoms with Crippen LogP contribution in [0.25, 0.3) is 11.1 Å². The molecule has 0 fully saturated rings. The van der Waals surface area contributed by atoms with Gasteiger partial charge in [0.15, 0.2) is 17.3 Å². The van der Waals surface area contributed by atoms with E-state index in [9.17, 15) is 14.9 Å². The summed E-state index contributed by atoms with van der Waals surface area (Å²) < 4.78 is 5.57. The number of fused-ring (bicyclic) bond motifs is 2. The second-order valence-electron chi connectivity index (χ2n) is 5.49. The number of thioether (sulfide) groups is 1. The van der Waals surface area contributed by atoms with Crippen molar-refractivity contribution in [2.75, 3.05) is 11.1 Å². The number of benzene rings is 2. The van der Waals surface area contributed by atoms with Crippen molar-refractivity contribution in [3.63, 3.8) is 0 Å². The number of para-hydroxylation sites is 2. The topological polar surface area (TPSA) is 96.0 Å². The number of anilines is 1. The molecule has 0 bridgehead atoms. The molecule has 0 radical (unpaired) electrons. The highest BCUT2D eigenvalue weighted by molar-refractivity contribution is 8.00. The summed E-state index contributed by atoms with van der Waals surface area (Å²) in [6.45, 7) is 0. The Bertz CT molecular complexity index is 1020. The predicted molar refractivity (Wildman–Crippen MR) is 92.5 cm³/mol. The van der Waals surface area contributed by atoms with Crippen LogP contribution in [-0.4, -0.2) is 22.4 Å². The Morgan fingerprint density at radius 2 is 2.16 bits per heavy atom. The highest BCUT2D eigenvalue weighted by atomic mass is 32.2. The lowest BCUT2D eigenvalue weighted by molar-refractivity contribution is -0.113. The van der Waals surface area contributed by atoms with Crippen molar-refractivity contribution < 1.29 is 14.0 Å². The number of carbonyl (C=O) groups is 2. The van der Waals surface area contributed by atoms with Crippen molar-refractivity contribution in [1.29, 1.82) is 5.26 Å². The van der Waals surface area contributed by atoms with Crippen molar-refractivity contribution in [2.24, 2.45) is 0 Å². The average molecular weight is 349 g/mol. The lowest BCUT2D eigenvalue weighted by Gasteiger charge is -2.17. The fraction of sp³-hybridized carbons (Fsp3) is 0.111. The van der Waals surface area contributed by atoms with Crippen LogP contribution in [0.15, 0.2) is 51.8 Å². The molecule has 4 rings (SSSR count). The summed E-state index contributed by atoms with van der Waals surface area (Å²) in [5.41, 5.74) is 2.04. The Kier molecular flexibility index (Phi) is 3.75. The van der Waals surface area contributed by atoms with Gasteiger partial charge in [0.2, 0.25) is 11.8 Å². The van der Waals surface area contributed by atoms with Crippen LogP contribution in [0.2, 0.25) is 0 Å². The van der Waals surface area contributed by atoms with Gasteiger partial charge in [0.25, 0.3) is 0 Å². The van der Waals surface area contributed by atoms with Crippen molar-refractivity contribution in [2.45, 2.75) is 10.8 Å². The molecule has 0 saturated carbocycles. The molecule has 6 nitrogen and oxygen atoms in total. The minimum atomic E-state index is -1.14. The van der Waals surface area contributed by atoms with Gasteiger partial charge in [0, 0.05) is 10.5 Å². The summed E-state index contributed by atoms with van der Waals surface area (Å²) in [7, 11) is 0. The summed E-state index contributed by atoms with van der Waals surface area (Å²) in [6.07, 6.45) is 0. The lowest BCUT2D eigenvalue weighted by Crippen LogP contribution is -2.19. The van der Waals surface area contributed by atoms with E-state index in [2.05, 4.69) is 10.3 Å². The number of nitrogens with one attached hydrogen (secondary N) is 1. The third kappa shape index (κ3) is 2.77. The molecule has 0 unspecified atom stereocenters. The highest BCUT2D eigenvalue weighted by Gasteiger charge is 2.28. The number of nitrogens with zero attached hydrogens (tertiary/aromatic N) is 2. The molecule has 1 aromatic heterocycles. The molecule has 0 aliphatic carbocycles. The van der Waals surface area contributed by atoms with Crippen LogP contribution in [0, 0.1) is 11.3 Å². The number of ketones is 1. The maximum atomic E-state index is 12.8. The molecule has 2 heterocycles. The molecule has 1 aliphatic rings. The molecule has 1 aliphatic heterocycles. The summed E-state index contributed by atoms with van der Waals surface area (Å²) in [6, 6.07) is 14.1. The molecular weight excluding hydrogens is 338 g/mol. The van der Waals surface area contributed by atoms with Crippen molar-refractivity contribution in [3.05, 3.63) is 53.9 Å². The van der Waals surface area contributed by atoms with Gasteiger partial charge >= 0.3 is 0 Å². The first kappa shape index (κ1) is 15.4. The van der Waals surface area contributed by atoms with Crippen LogP contribution in [0.4, 0.5) is 5.69 Å². The maximum Gasteiger partial charge on any atom is 0.234 e. The number of amides is 1. The third-order valence-electron chi connectivity index (χ3n) is 3.85. The zero-order valence-corrected chi connectivity index (χ0v) is 13.7. The number of oxazole rings is 1. The van der Waals surface area contributed by atoms with Gasteiger partial charge in [-0.25, -0.2) is 4.98 Å². The van der Waals surface area contributed by atoms with Crippen molar-refractivity contribution in [3.8, 4) is 6.07 Å². The molecule has 122 valence electrons. The first-order valence-electron chi connectivity index (χ1n) is 7.52. The third-order valence-corrected chi connectivity index (χ3v) is 4.92. The summed E-state index contributed by atoms with van der Waals surface area (Å²) in [5.74, 6) is -1.24. The van der Waals surface area contributed by atoms with Gasteiger partial charge in [-0.15, -0.1) is 11.8 Å². The van der Waals surface area contributed by atoms with Gasteiger partial charge in [-0.1, -0.05) is 18.2 Å². The number of aromatic nitrogens is 1. The maximum absolute atomic E-state index is 12.8. The Hall–Kier alpha value is -3.11. The Balaban J connectivity index is 1.70. The molecule has 25 heavy (non-hydrogen) atoms. The van der Waals surface area contributed by atoms with Crippen LogP contribution in [0.3, 0.4) is 0 Å². The van der Waals surface area contributed by atoms with Crippen molar-refractivity contribution in [1.82, 2.24) is 4.98 Å². The molecule has 3 aromatic rings. The van der Waals surface area contributed by atoms with Gasteiger partial charge in [0.05, 0.1) is 17.5 Å². The molecule has 0 spiro atoms. The second-order valence-corrected chi connectivity index (χ2v) is 6.51. The van der Waals surface area contributed by atoms with E-state index >= 15 is 0 Å². The average Bonchev–Trinajstić information content (AvgIpc) is 3.05. The summed E-state index contributed by atoms with van der Waals surface area (Å²) in [4.78, 5) is 29.4. The number of nitriles is 1. The van der Waals surface area contributed by atoms with Crippen LogP contribution in [0.1, 0.15) is 22.2 Å². The number of hydrogen-bond acceptors (Lipinski definition) is 6. The predicted octanol–water partition coefficient (Wildman–Crippen LogP) is 3.36. The van der Waals surface area contributed by atoms with E-state index in [1.807, 2.05) is 12.1 Å². The van der Waals surface area contributed by atoms with E-state index in [4.69, 9.17) is 4.42 Å². The molecule has 1 amide bonds. The van der Waals surface area contributed by atoms with E-state index in [1.165, 1.54) is 11.8 Å². The monoisotopic (exact) mass is 349 g/mol. The van der Waals surface area contributed by atoms with E-state index in [-0.39, 0.29) is 11.8 Å². The largest absolute Gasteiger partial charge is 0.439 e. The Morgan fingerprint density at radius 1 is 1.32 bits per heavy atom. The zero-order chi connectivity index (χ0) is 17.4. The second kappa shape index (κ2) is 6.07.